The van der Waals surface area contributed by atoms with Crippen LogP contribution in [0, 0.1) is 5.82 Å². The molecule has 0 saturated heterocycles. The molecule has 0 aliphatic carbocycles. The fraction of sp³-hybridized carbons (Fsp3) is 0.154. The van der Waals surface area contributed by atoms with E-state index in [0.29, 0.717) is 33.3 Å². The van der Waals surface area contributed by atoms with Gasteiger partial charge in [-0.2, -0.15) is 0 Å². The van der Waals surface area contributed by atoms with E-state index >= 15 is 0 Å². The summed E-state index contributed by atoms with van der Waals surface area (Å²) in [5.74, 6) is -0.132. The average molecular weight is 483 g/mol. The molecule has 2 amide bonds. The van der Waals surface area contributed by atoms with E-state index in [-0.39, 0.29) is 17.9 Å². The number of hydrogen-bond donors (Lipinski definition) is 2. The standard InChI is InChI=1S/C26H24ClFN2O4/c1-16(29-24(31)13-4-17-14-22(27)25(34-3)23(15-17)33-2)18-7-11-21(12-8-18)30-26(32)19-5-9-20(28)10-6-19/h4-16H,1-3H3,(H,29,31)(H,30,32)/b13-4+. The fourth-order valence-corrected chi connectivity index (χ4v) is 3.51. The van der Waals surface area contributed by atoms with E-state index in [2.05, 4.69) is 10.6 Å². The van der Waals surface area contributed by atoms with Crippen LogP contribution in [0.2, 0.25) is 5.02 Å². The summed E-state index contributed by atoms with van der Waals surface area (Å²) in [6.07, 6.45) is 3.04. The molecule has 0 aliphatic rings. The molecule has 2 N–H and O–H groups in total. The van der Waals surface area contributed by atoms with Crippen LogP contribution in [0.5, 0.6) is 11.5 Å². The average Bonchev–Trinajstić information content (AvgIpc) is 2.83. The van der Waals surface area contributed by atoms with Gasteiger partial charge in [0.2, 0.25) is 5.91 Å². The lowest BCUT2D eigenvalue weighted by molar-refractivity contribution is -0.117. The molecule has 0 saturated carbocycles. The molecule has 0 heterocycles. The highest BCUT2D eigenvalue weighted by Gasteiger charge is 2.12. The van der Waals surface area contributed by atoms with E-state index in [9.17, 15) is 14.0 Å². The van der Waals surface area contributed by atoms with Gasteiger partial charge in [0.15, 0.2) is 11.5 Å². The maximum atomic E-state index is 13.0. The van der Waals surface area contributed by atoms with E-state index in [1.165, 1.54) is 44.6 Å². The van der Waals surface area contributed by atoms with Crippen LogP contribution in [0.1, 0.15) is 34.5 Å². The van der Waals surface area contributed by atoms with Gasteiger partial charge in [0.1, 0.15) is 5.82 Å². The quantitative estimate of drug-likeness (QED) is 0.407. The fourth-order valence-electron chi connectivity index (χ4n) is 3.21. The van der Waals surface area contributed by atoms with E-state index in [1.54, 1.807) is 30.3 Å². The third-order valence-electron chi connectivity index (χ3n) is 5.02. The molecule has 0 radical (unpaired) electrons. The van der Waals surface area contributed by atoms with Crippen molar-refractivity contribution in [3.8, 4) is 11.5 Å². The molecule has 6 nitrogen and oxygen atoms in total. The van der Waals surface area contributed by atoms with Crippen molar-refractivity contribution in [2.75, 3.05) is 19.5 Å². The van der Waals surface area contributed by atoms with Crippen molar-refractivity contribution in [1.29, 1.82) is 0 Å². The van der Waals surface area contributed by atoms with Gasteiger partial charge in [-0.25, -0.2) is 4.39 Å². The van der Waals surface area contributed by atoms with Crippen LogP contribution in [0.4, 0.5) is 10.1 Å². The summed E-state index contributed by atoms with van der Waals surface area (Å²) in [6, 6.07) is 15.5. The number of carbonyl (C=O) groups excluding carboxylic acids is 2. The normalized spacial score (nSPS) is 11.7. The van der Waals surface area contributed by atoms with Crippen molar-refractivity contribution in [3.05, 3.63) is 94.3 Å². The zero-order valence-electron chi connectivity index (χ0n) is 18.9. The summed E-state index contributed by atoms with van der Waals surface area (Å²) in [6.45, 7) is 1.85. The monoisotopic (exact) mass is 482 g/mol. The molecule has 176 valence electrons. The van der Waals surface area contributed by atoms with Gasteiger partial charge in [0, 0.05) is 17.3 Å². The zero-order valence-corrected chi connectivity index (χ0v) is 19.7. The van der Waals surface area contributed by atoms with Crippen LogP contribution in [0.3, 0.4) is 0 Å². The van der Waals surface area contributed by atoms with Crippen molar-refractivity contribution in [3.63, 3.8) is 0 Å². The molecular formula is C26H24ClFN2O4. The first-order chi connectivity index (χ1) is 16.3. The van der Waals surface area contributed by atoms with Gasteiger partial charge >= 0.3 is 0 Å². The molecule has 0 bridgehead atoms. The predicted molar refractivity (Wildman–Crippen MR) is 131 cm³/mol. The molecule has 0 spiro atoms. The first-order valence-corrected chi connectivity index (χ1v) is 10.8. The SMILES string of the molecule is COc1cc(/C=C/C(=O)NC(C)c2ccc(NC(=O)c3ccc(F)cc3)cc2)cc(Cl)c1OC. The lowest BCUT2D eigenvalue weighted by Gasteiger charge is -2.14. The third kappa shape index (κ3) is 6.36. The highest BCUT2D eigenvalue weighted by Crippen LogP contribution is 2.36. The van der Waals surface area contributed by atoms with Crippen molar-refractivity contribution >= 4 is 35.2 Å². The van der Waals surface area contributed by atoms with E-state index in [1.807, 2.05) is 19.1 Å². The zero-order chi connectivity index (χ0) is 24.7. The molecule has 3 aromatic carbocycles. The molecule has 3 aromatic rings. The molecule has 0 fully saturated rings. The highest BCUT2D eigenvalue weighted by molar-refractivity contribution is 6.32. The van der Waals surface area contributed by atoms with E-state index < -0.39 is 5.82 Å². The van der Waals surface area contributed by atoms with Crippen molar-refractivity contribution in [1.82, 2.24) is 5.32 Å². The van der Waals surface area contributed by atoms with Crippen LogP contribution >= 0.6 is 11.6 Å². The maximum absolute atomic E-state index is 13.0. The van der Waals surface area contributed by atoms with Crippen molar-refractivity contribution in [2.45, 2.75) is 13.0 Å². The molecule has 0 aliphatic heterocycles. The number of hydrogen-bond acceptors (Lipinski definition) is 4. The maximum Gasteiger partial charge on any atom is 0.255 e. The van der Waals surface area contributed by atoms with Gasteiger partial charge in [0.25, 0.3) is 5.91 Å². The van der Waals surface area contributed by atoms with E-state index in [0.717, 1.165) is 5.56 Å². The van der Waals surface area contributed by atoms with Crippen molar-refractivity contribution in [2.24, 2.45) is 0 Å². The Morgan fingerprint density at radius 3 is 2.29 bits per heavy atom. The van der Waals surface area contributed by atoms with Crippen molar-refractivity contribution < 1.29 is 23.5 Å². The molecule has 1 unspecified atom stereocenters. The first-order valence-electron chi connectivity index (χ1n) is 10.4. The number of ether oxygens (including phenoxy) is 2. The van der Waals surface area contributed by atoms with Crippen LogP contribution in [-0.2, 0) is 4.79 Å². The van der Waals surface area contributed by atoms with Crippen LogP contribution in [0.15, 0.2) is 66.7 Å². The Kier molecular flexibility index (Phi) is 8.27. The van der Waals surface area contributed by atoms with Gasteiger partial charge < -0.3 is 20.1 Å². The van der Waals surface area contributed by atoms with Crippen LogP contribution in [-0.4, -0.2) is 26.0 Å². The minimum absolute atomic E-state index is 0.270. The summed E-state index contributed by atoms with van der Waals surface area (Å²) in [5.41, 5.74) is 2.48. The van der Waals surface area contributed by atoms with Gasteiger partial charge in [-0.3, -0.25) is 9.59 Å². The largest absolute Gasteiger partial charge is 0.493 e. The lowest BCUT2D eigenvalue weighted by Crippen LogP contribution is -2.24. The Hall–Kier alpha value is -3.84. The Morgan fingerprint density at radius 1 is 1.00 bits per heavy atom. The second kappa shape index (κ2) is 11.3. The number of rotatable bonds is 8. The Bertz CT molecular complexity index is 1190. The number of halogens is 2. The molecule has 3 rings (SSSR count). The second-order valence-corrected chi connectivity index (χ2v) is 7.79. The third-order valence-corrected chi connectivity index (χ3v) is 5.30. The summed E-state index contributed by atoms with van der Waals surface area (Å²) in [5, 5.41) is 6.02. The minimum Gasteiger partial charge on any atom is -0.493 e. The number of methoxy groups -OCH3 is 2. The molecule has 34 heavy (non-hydrogen) atoms. The molecule has 8 heteroatoms. The Labute approximate surface area is 202 Å². The van der Waals surface area contributed by atoms with Gasteiger partial charge in [-0.15, -0.1) is 0 Å². The number of nitrogens with one attached hydrogen (secondary N) is 2. The second-order valence-electron chi connectivity index (χ2n) is 7.38. The minimum atomic E-state index is -0.403. The Morgan fingerprint density at radius 2 is 1.68 bits per heavy atom. The summed E-state index contributed by atoms with van der Waals surface area (Å²) >= 11 is 6.20. The van der Waals surface area contributed by atoms with Gasteiger partial charge in [0.05, 0.1) is 25.3 Å². The number of benzene rings is 3. The first kappa shape index (κ1) is 24.8. The van der Waals surface area contributed by atoms with Gasteiger partial charge in [-0.1, -0.05) is 23.7 Å². The number of anilines is 1. The topological polar surface area (TPSA) is 76.7 Å². The summed E-state index contributed by atoms with van der Waals surface area (Å²) in [4.78, 5) is 24.6. The predicted octanol–water partition coefficient (Wildman–Crippen LogP) is 5.64. The molecule has 1 atom stereocenters. The smallest absolute Gasteiger partial charge is 0.255 e. The van der Waals surface area contributed by atoms with Gasteiger partial charge in [-0.05, 0) is 72.7 Å². The molecular weight excluding hydrogens is 459 g/mol. The lowest BCUT2D eigenvalue weighted by atomic mass is 10.1. The Balaban J connectivity index is 1.59. The van der Waals surface area contributed by atoms with Crippen LogP contribution < -0.4 is 20.1 Å². The van der Waals surface area contributed by atoms with Crippen LogP contribution in [0.25, 0.3) is 6.08 Å². The summed E-state index contributed by atoms with van der Waals surface area (Å²) in [7, 11) is 3.01. The summed E-state index contributed by atoms with van der Waals surface area (Å²) < 4.78 is 23.5. The number of carbonyl (C=O) groups is 2. The van der Waals surface area contributed by atoms with E-state index in [4.69, 9.17) is 21.1 Å². The molecule has 0 aromatic heterocycles. The highest BCUT2D eigenvalue weighted by atomic mass is 35.5. The number of amides is 2.